The average Bonchev–Trinajstić information content (AvgIpc) is 3.04. The number of para-hydroxylation sites is 2. The van der Waals surface area contributed by atoms with Crippen LogP contribution < -0.4 is 5.56 Å². The number of aliphatic hydroxyl groups excluding tert-OH is 2. The number of piperazine rings is 1. The highest BCUT2D eigenvalue weighted by Gasteiger charge is 2.25. The van der Waals surface area contributed by atoms with E-state index in [2.05, 4.69) is 11.0 Å². The van der Waals surface area contributed by atoms with Gasteiger partial charge in [-0.05, 0) is 24.6 Å². The van der Waals surface area contributed by atoms with Crippen LogP contribution in [-0.4, -0.2) is 74.5 Å². The predicted molar refractivity (Wildman–Crippen MR) is 110 cm³/mol. The molecule has 1 aliphatic rings. The molecule has 3 aromatic rings. The molecule has 1 atom stereocenters. The molecule has 0 bridgehead atoms. The normalized spacial score (nSPS) is 17.0. The monoisotopic (exact) mass is 395 g/mol. The Morgan fingerprint density at radius 3 is 2.52 bits per heavy atom. The number of hydrogen-bond acceptors (Lipinski definition) is 6. The van der Waals surface area contributed by atoms with Crippen molar-refractivity contribution in [1.29, 1.82) is 5.26 Å². The zero-order valence-electron chi connectivity index (χ0n) is 16.5. The first-order chi connectivity index (χ1) is 14.0. The number of β-amino-alcohol motifs (C(OH)–C–C–N with tert-alkyl or cyclic N) is 1. The number of nitriles is 1. The van der Waals surface area contributed by atoms with Gasteiger partial charge in [0.1, 0.15) is 17.9 Å². The van der Waals surface area contributed by atoms with E-state index in [1.165, 1.54) is 6.07 Å². The molecule has 0 radical (unpaired) electrons. The van der Waals surface area contributed by atoms with Crippen LogP contribution in [0.3, 0.4) is 0 Å². The minimum Gasteiger partial charge on any atom is -0.395 e. The number of rotatable bonds is 5. The van der Waals surface area contributed by atoms with Crippen molar-refractivity contribution in [3.05, 3.63) is 51.8 Å². The lowest BCUT2D eigenvalue weighted by Crippen LogP contribution is -2.51. The van der Waals surface area contributed by atoms with Crippen molar-refractivity contribution in [2.45, 2.75) is 19.7 Å². The molecule has 1 fully saturated rings. The summed E-state index contributed by atoms with van der Waals surface area (Å²) in [7, 11) is 0. The fraction of sp³-hybridized carbons (Fsp3) is 0.429. The van der Waals surface area contributed by atoms with E-state index >= 15 is 0 Å². The van der Waals surface area contributed by atoms with Crippen molar-refractivity contribution in [2.75, 3.05) is 39.3 Å². The van der Waals surface area contributed by atoms with Crippen molar-refractivity contribution >= 4 is 16.7 Å². The first-order valence-electron chi connectivity index (χ1n) is 9.84. The Morgan fingerprint density at radius 2 is 1.86 bits per heavy atom. The molecule has 3 heterocycles. The SMILES string of the molecule is Cc1cc(=O)n2c3ccccc3n(C[C@H](O)N3CCN(CCO)CC3)c2c1C#N. The first kappa shape index (κ1) is 19.6. The molecule has 0 spiro atoms. The second kappa shape index (κ2) is 7.97. The number of nitrogens with zero attached hydrogens (tertiary/aromatic N) is 5. The molecule has 0 saturated carbocycles. The smallest absolute Gasteiger partial charge is 0.257 e. The summed E-state index contributed by atoms with van der Waals surface area (Å²) in [4.78, 5) is 16.9. The van der Waals surface area contributed by atoms with E-state index in [4.69, 9.17) is 5.11 Å². The third-order valence-corrected chi connectivity index (χ3v) is 5.76. The number of aliphatic hydroxyl groups is 2. The maximum Gasteiger partial charge on any atom is 0.257 e. The van der Waals surface area contributed by atoms with E-state index in [0.717, 1.165) is 24.1 Å². The quantitative estimate of drug-likeness (QED) is 0.648. The minimum absolute atomic E-state index is 0.134. The molecule has 8 heteroatoms. The number of fused-ring (bicyclic) bond motifs is 3. The van der Waals surface area contributed by atoms with Crippen LogP contribution in [0.2, 0.25) is 0 Å². The molecule has 4 rings (SSSR count). The molecule has 8 nitrogen and oxygen atoms in total. The standard InChI is InChI=1S/C21H25N5O3/c1-15-12-19(28)26-18-5-3-2-4-17(18)25(21(26)16(15)13-22)14-20(29)24-8-6-23(7-9-24)10-11-27/h2-5,12,20,27,29H,6-11,14H2,1H3/t20-/m0/s1. The van der Waals surface area contributed by atoms with Gasteiger partial charge in [0, 0.05) is 38.8 Å². The lowest BCUT2D eigenvalue weighted by Gasteiger charge is -2.37. The van der Waals surface area contributed by atoms with Crippen LogP contribution in [0.4, 0.5) is 0 Å². The van der Waals surface area contributed by atoms with E-state index in [0.29, 0.717) is 36.4 Å². The highest BCUT2D eigenvalue weighted by Crippen LogP contribution is 2.24. The van der Waals surface area contributed by atoms with Gasteiger partial charge < -0.3 is 14.8 Å². The van der Waals surface area contributed by atoms with Crippen molar-refractivity contribution < 1.29 is 10.2 Å². The van der Waals surface area contributed by atoms with Crippen LogP contribution in [-0.2, 0) is 6.54 Å². The van der Waals surface area contributed by atoms with Gasteiger partial charge >= 0.3 is 0 Å². The second-order valence-corrected chi connectivity index (χ2v) is 7.49. The lowest BCUT2D eigenvalue weighted by molar-refractivity contribution is -0.0351. The van der Waals surface area contributed by atoms with Crippen LogP contribution in [0.15, 0.2) is 35.1 Å². The first-order valence-corrected chi connectivity index (χ1v) is 9.84. The van der Waals surface area contributed by atoms with Crippen molar-refractivity contribution in [3.63, 3.8) is 0 Å². The number of benzene rings is 1. The predicted octanol–water partition coefficient (Wildman–Crippen LogP) is 0.363. The number of imidazole rings is 1. The van der Waals surface area contributed by atoms with E-state index < -0.39 is 6.23 Å². The van der Waals surface area contributed by atoms with Crippen LogP contribution >= 0.6 is 0 Å². The molecule has 0 aliphatic carbocycles. The summed E-state index contributed by atoms with van der Waals surface area (Å²) >= 11 is 0. The van der Waals surface area contributed by atoms with Crippen molar-refractivity contribution in [1.82, 2.24) is 18.8 Å². The molecule has 1 saturated heterocycles. The summed E-state index contributed by atoms with van der Waals surface area (Å²) in [5.41, 5.74) is 2.96. The summed E-state index contributed by atoms with van der Waals surface area (Å²) in [6.07, 6.45) is -0.743. The Hall–Kier alpha value is -2.70. The van der Waals surface area contributed by atoms with Crippen LogP contribution in [0.1, 0.15) is 11.1 Å². The summed E-state index contributed by atoms with van der Waals surface area (Å²) in [6.45, 7) is 5.76. The van der Waals surface area contributed by atoms with Gasteiger partial charge in [-0.3, -0.25) is 19.0 Å². The Balaban J connectivity index is 1.75. The lowest BCUT2D eigenvalue weighted by atomic mass is 10.1. The third-order valence-electron chi connectivity index (χ3n) is 5.76. The van der Waals surface area contributed by atoms with E-state index in [-0.39, 0.29) is 18.7 Å². The van der Waals surface area contributed by atoms with Crippen LogP contribution in [0, 0.1) is 18.3 Å². The molecule has 2 aromatic heterocycles. The molecule has 1 aromatic carbocycles. The summed E-state index contributed by atoms with van der Waals surface area (Å²) in [6, 6.07) is 11.2. The summed E-state index contributed by atoms with van der Waals surface area (Å²) in [5.74, 6) is 0. The van der Waals surface area contributed by atoms with Crippen molar-refractivity contribution in [2.24, 2.45) is 0 Å². The molecular weight excluding hydrogens is 370 g/mol. The van der Waals surface area contributed by atoms with Gasteiger partial charge in [-0.2, -0.15) is 5.26 Å². The Bertz CT molecular complexity index is 1140. The zero-order valence-corrected chi connectivity index (χ0v) is 16.5. The summed E-state index contributed by atoms with van der Waals surface area (Å²) < 4.78 is 3.44. The number of pyridine rings is 1. The second-order valence-electron chi connectivity index (χ2n) is 7.49. The fourth-order valence-electron chi connectivity index (χ4n) is 4.23. The van der Waals surface area contributed by atoms with Gasteiger partial charge in [-0.1, -0.05) is 12.1 Å². The van der Waals surface area contributed by atoms with Crippen molar-refractivity contribution in [3.8, 4) is 6.07 Å². The molecule has 29 heavy (non-hydrogen) atoms. The third kappa shape index (κ3) is 3.43. The maximum atomic E-state index is 12.7. The molecule has 0 amide bonds. The van der Waals surface area contributed by atoms with Gasteiger partial charge in [-0.25, -0.2) is 0 Å². The maximum absolute atomic E-state index is 12.7. The average molecular weight is 395 g/mol. The Labute approximate surface area is 168 Å². The highest BCUT2D eigenvalue weighted by molar-refractivity contribution is 5.84. The topological polar surface area (TPSA) is 97.1 Å². The van der Waals surface area contributed by atoms with Gasteiger partial charge in [-0.15, -0.1) is 0 Å². The molecule has 152 valence electrons. The van der Waals surface area contributed by atoms with Gasteiger partial charge in [0.25, 0.3) is 5.56 Å². The largest absolute Gasteiger partial charge is 0.395 e. The Morgan fingerprint density at radius 1 is 1.17 bits per heavy atom. The molecule has 1 aliphatic heterocycles. The van der Waals surface area contributed by atoms with E-state index in [1.807, 2.05) is 33.7 Å². The van der Waals surface area contributed by atoms with Crippen LogP contribution in [0.25, 0.3) is 16.7 Å². The minimum atomic E-state index is -0.743. The fourth-order valence-corrected chi connectivity index (χ4v) is 4.23. The van der Waals surface area contributed by atoms with E-state index in [1.54, 1.807) is 11.3 Å². The molecule has 2 N–H and O–H groups in total. The number of aromatic nitrogens is 2. The van der Waals surface area contributed by atoms with Gasteiger partial charge in [0.15, 0.2) is 0 Å². The summed E-state index contributed by atoms with van der Waals surface area (Å²) in [5, 5.41) is 29.8. The highest BCUT2D eigenvalue weighted by atomic mass is 16.3. The van der Waals surface area contributed by atoms with E-state index in [9.17, 15) is 15.2 Å². The van der Waals surface area contributed by atoms with Gasteiger partial charge in [0.05, 0.1) is 29.7 Å². The Kier molecular flexibility index (Phi) is 5.39. The zero-order chi connectivity index (χ0) is 20.5. The number of aryl methyl sites for hydroxylation is 1. The molecular formula is C21H25N5O3. The van der Waals surface area contributed by atoms with Crippen LogP contribution in [0.5, 0.6) is 0 Å². The van der Waals surface area contributed by atoms with Gasteiger partial charge in [0.2, 0.25) is 0 Å². The molecule has 0 unspecified atom stereocenters. The number of hydrogen-bond donors (Lipinski definition) is 2.